The zero-order valence-corrected chi connectivity index (χ0v) is 10.3. The summed E-state index contributed by atoms with van der Waals surface area (Å²) in [4.78, 5) is 11.7. The van der Waals surface area contributed by atoms with Gasteiger partial charge in [-0.15, -0.1) is 0 Å². The Morgan fingerprint density at radius 2 is 2.05 bits per heavy atom. The van der Waals surface area contributed by atoms with Crippen LogP contribution in [-0.4, -0.2) is 25.4 Å². The van der Waals surface area contributed by atoms with Gasteiger partial charge in [0.15, 0.2) is 5.75 Å². The Balaban J connectivity index is 2.74. The molecule has 0 bridgehead atoms. The molecule has 106 valence electrons. The molecule has 0 unspecified atom stereocenters. The van der Waals surface area contributed by atoms with Gasteiger partial charge in [0, 0.05) is 0 Å². The third kappa shape index (κ3) is 4.69. The summed E-state index contributed by atoms with van der Waals surface area (Å²) in [6.45, 7) is 1.24. The molecule has 0 spiro atoms. The van der Waals surface area contributed by atoms with E-state index < -0.39 is 25.2 Å². The summed E-state index contributed by atoms with van der Waals surface area (Å²) in [5.74, 6) is -0.762. The Kier molecular flexibility index (Phi) is 5.02. The highest BCUT2D eigenvalue weighted by Gasteiger charge is 2.27. The average molecular weight is 277 g/mol. The quantitative estimate of drug-likeness (QED) is 0.664. The molecule has 1 aromatic carbocycles. The van der Waals surface area contributed by atoms with Gasteiger partial charge in [-0.3, -0.25) is 0 Å². The fraction of sp³-hybridized carbons (Fsp3) is 0.417. The van der Waals surface area contributed by atoms with Crippen molar-refractivity contribution in [3.8, 4) is 5.75 Å². The molecule has 0 radical (unpaired) electrons. The molecule has 0 aliphatic rings. The fourth-order valence-electron chi connectivity index (χ4n) is 1.36. The third-order valence-corrected chi connectivity index (χ3v) is 2.17. The first-order chi connectivity index (χ1) is 8.85. The first kappa shape index (κ1) is 15.1. The van der Waals surface area contributed by atoms with Crippen molar-refractivity contribution in [2.24, 2.45) is 0 Å². The number of hydrogen-bond donors (Lipinski definition) is 1. The summed E-state index contributed by atoms with van der Waals surface area (Å²) < 4.78 is 45.5. The highest BCUT2D eigenvalue weighted by molar-refractivity contribution is 5.94. The number of rotatable bonds is 5. The number of nitrogens with two attached hydrogens (primary N) is 1. The molecule has 0 saturated carbocycles. The minimum absolute atomic E-state index is 0.0176. The first-order valence-corrected chi connectivity index (χ1v) is 5.60. The molecule has 0 fully saturated rings. The van der Waals surface area contributed by atoms with Crippen LogP contribution in [0.3, 0.4) is 0 Å². The predicted molar refractivity (Wildman–Crippen MR) is 63.0 cm³/mol. The largest absolute Gasteiger partial charge is 0.491 e. The number of carbonyl (C=O) groups is 1. The molecule has 0 saturated heterocycles. The summed E-state index contributed by atoms with van der Waals surface area (Å²) >= 11 is 0. The Bertz CT molecular complexity index is 446. The maximum absolute atomic E-state index is 11.9. The monoisotopic (exact) mass is 277 g/mol. The molecule has 0 aliphatic carbocycles. The molecule has 1 rings (SSSR count). The molecule has 0 aromatic heterocycles. The van der Waals surface area contributed by atoms with Gasteiger partial charge < -0.3 is 15.2 Å². The number of carbonyl (C=O) groups excluding carboxylic acids is 1. The molecule has 0 heterocycles. The smallest absolute Gasteiger partial charge is 0.392 e. The van der Waals surface area contributed by atoms with Gasteiger partial charge in [0.05, 0.1) is 18.7 Å². The summed E-state index contributed by atoms with van der Waals surface area (Å²) in [5.41, 5.74) is 5.88. The van der Waals surface area contributed by atoms with Crippen LogP contribution in [0.2, 0.25) is 0 Å². The number of esters is 1. The second-order valence-corrected chi connectivity index (χ2v) is 3.66. The number of halogens is 3. The van der Waals surface area contributed by atoms with Crippen LogP contribution < -0.4 is 10.5 Å². The van der Waals surface area contributed by atoms with Crippen LogP contribution in [0.5, 0.6) is 5.75 Å². The van der Waals surface area contributed by atoms with E-state index in [-0.39, 0.29) is 23.6 Å². The Hall–Kier alpha value is -1.92. The lowest BCUT2D eigenvalue weighted by Gasteiger charge is -2.12. The second-order valence-electron chi connectivity index (χ2n) is 3.66. The molecule has 1 aromatic rings. The minimum Gasteiger partial charge on any atom is -0.491 e. The van der Waals surface area contributed by atoms with Crippen molar-refractivity contribution in [1.82, 2.24) is 0 Å². The maximum Gasteiger partial charge on any atom is 0.392 e. The van der Waals surface area contributed by atoms with Gasteiger partial charge in [0.25, 0.3) is 0 Å². The second kappa shape index (κ2) is 6.31. The molecular formula is C12H14F3NO3. The zero-order valence-electron chi connectivity index (χ0n) is 10.3. The van der Waals surface area contributed by atoms with Gasteiger partial charge in [0.1, 0.15) is 12.2 Å². The van der Waals surface area contributed by atoms with Crippen molar-refractivity contribution < 1.29 is 27.4 Å². The van der Waals surface area contributed by atoms with E-state index >= 15 is 0 Å². The molecule has 2 N–H and O–H groups in total. The molecular weight excluding hydrogens is 263 g/mol. The molecule has 0 aliphatic heterocycles. The lowest BCUT2D eigenvalue weighted by Crippen LogP contribution is -2.15. The van der Waals surface area contributed by atoms with E-state index in [4.69, 9.17) is 10.5 Å². The first-order valence-electron chi connectivity index (χ1n) is 5.60. The van der Waals surface area contributed by atoms with Gasteiger partial charge >= 0.3 is 12.1 Å². The van der Waals surface area contributed by atoms with Crippen LogP contribution in [0.4, 0.5) is 18.9 Å². The van der Waals surface area contributed by atoms with Gasteiger partial charge in [-0.05, 0) is 19.1 Å². The van der Waals surface area contributed by atoms with Crippen molar-refractivity contribution in [2.75, 3.05) is 18.9 Å². The summed E-state index contributed by atoms with van der Waals surface area (Å²) in [6, 6.07) is 4.41. The predicted octanol–water partition coefficient (Wildman–Crippen LogP) is 2.78. The van der Waals surface area contributed by atoms with Crippen LogP contribution in [0.1, 0.15) is 23.7 Å². The molecule has 19 heavy (non-hydrogen) atoms. The number of ether oxygens (including phenoxy) is 2. The molecule has 0 amide bonds. The molecule has 0 atom stereocenters. The van der Waals surface area contributed by atoms with Crippen LogP contribution in [0.15, 0.2) is 18.2 Å². The summed E-state index contributed by atoms with van der Waals surface area (Å²) in [5, 5.41) is 0. The number of hydrogen-bond acceptors (Lipinski definition) is 4. The van der Waals surface area contributed by atoms with Crippen molar-refractivity contribution in [1.29, 1.82) is 0 Å². The van der Waals surface area contributed by atoms with Gasteiger partial charge in [0.2, 0.25) is 0 Å². The topological polar surface area (TPSA) is 61.5 Å². The third-order valence-electron chi connectivity index (χ3n) is 2.17. The highest BCUT2D eigenvalue weighted by atomic mass is 19.4. The van der Waals surface area contributed by atoms with E-state index in [1.807, 2.05) is 0 Å². The minimum atomic E-state index is -4.36. The number of nitrogen functional groups attached to an aromatic ring is 1. The number of benzene rings is 1. The lowest BCUT2D eigenvalue weighted by atomic mass is 10.1. The molecule has 4 nitrogen and oxygen atoms in total. The number of alkyl halides is 3. The number of para-hydroxylation sites is 1. The molecule has 7 heteroatoms. The number of anilines is 1. The SMILES string of the molecule is CCOc1c(N)cccc1C(=O)OCCC(F)(F)F. The Morgan fingerprint density at radius 3 is 2.63 bits per heavy atom. The maximum atomic E-state index is 11.9. The summed E-state index contributed by atoms with van der Waals surface area (Å²) in [7, 11) is 0. The van der Waals surface area contributed by atoms with Crippen LogP contribution >= 0.6 is 0 Å². The standard InChI is InChI=1S/C12H14F3NO3/c1-2-18-10-8(4-3-5-9(10)16)11(17)19-7-6-12(13,14)15/h3-5H,2,6-7,16H2,1H3. The van der Waals surface area contributed by atoms with E-state index in [9.17, 15) is 18.0 Å². The van der Waals surface area contributed by atoms with E-state index in [2.05, 4.69) is 4.74 Å². The zero-order chi connectivity index (χ0) is 14.5. The highest BCUT2D eigenvalue weighted by Crippen LogP contribution is 2.27. The average Bonchev–Trinajstić information content (AvgIpc) is 2.30. The van der Waals surface area contributed by atoms with Crippen molar-refractivity contribution >= 4 is 11.7 Å². The Labute approximate surface area is 108 Å². The van der Waals surface area contributed by atoms with Crippen LogP contribution in [0, 0.1) is 0 Å². The summed E-state index contributed by atoms with van der Waals surface area (Å²) in [6.07, 6.45) is -5.55. The van der Waals surface area contributed by atoms with E-state index in [1.165, 1.54) is 18.2 Å². The van der Waals surface area contributed by atoms with Gasteiger partial charge in [-0.1, -0.05) is 6.07 Å². The fourth-order valence-corrected chi connectivity index (χ4v) is 1.36. The van der Waals surface area contributed by atoms with Gasteiger partial charge in [-0.2, -0.15) is 13.2 Å². The van der Waals surface area contributed by atoms with E-state index in [0.29, 0.717) is 0 Å². The van der Waals surface area contributed by atoms with Crippen molar-refractivity contribution in [3.05, 3.63) is 23.8 Å². The van der Waals surface area contributed by atoms with Crippen molar-refractivity contribution in [3.63, 3.8) is 0 Å². The normalized spacial score (nSPS) is 11.2. The van der Waals surface area contributed by atoms with Gasteiger partial charge in [-0.25, -0.2) is 4.79 Å². The van der Waals surface area contributed by atoms with E-state index in [0.717, 1.165) is 0 Å². The Morgan fingerprint density at radius 1 is 1.37 bits per heavy atom. The van der Waals surface area contributed by atoms with Crippen LogP contribution in [0.25, 0.3) is 0 Å². The van der Waals surface area contributed by atoms with E-state index in [1.54, 1.807) is 6.92 Å². The van der Waals surface area contributed by atoms with Crippen molar-refractivity contribution in [2.45, 2.75) is 19.5 Å². The van der Waals surface area contributed by atoms with Crippen LogP contribution in [-0.2, 0) is 4.74 Å². The lowest BCUT2D eigenvalue weighted by molar-refractivity contribution is -0.141.